The minimum Gasteiger partial charge on any atom is -0.264 e. The molecule has 3 heterocycles. The summed E-state index contributed by atoms with van der Waals surface area (Å²) in [4.78, 5) is 13.0. The summed E-state index contributed by atoms with van der Waals surface area (Å²) < 4.78 is 0. The van der Waals surface area contributed by atoms with E-state index in [0.717, 1.165) is 27.7 Å². The molecule has 3 rings (SSSR count). The fourth-order valence-electron chi connectivity index (χ4n) is 2.03. The Morgan fingerprint density at radius 1 is 0.889 bits per heavy atom. The van der Waals surface area contributed by atoms with E-state index in [1.54, 1.807) is 6.20 Å². The molecule has 18 heavy (non-hydrogen) atoms. The molecule has 0 aromatic carbocycles. The van der Waals surface area contributed by atoms with Crippen molar-refractivity contribution in [3.8, 4) is 11.3 Å². The van der Waals surface area contributed by atoms with E-state index in [1.165, 1.54) is 5.56 Å². The van der Waals surface area contributed by atoms with Crippen molar-refractivity contribution in [3.63, 3.8) is 0 Å². The molecule has 3 aromatic heterocycles. The van der Waals surface area contributed by atoms with Crippen molar-refractivity contribution >= 4 is 10.8 Å². The van der Waals surface area contributed by atoms with Crippen LogP contribution in [0.15, 0.2) is 43.0 Å². The summed E-state index contributed by atoms with van der Waals surface area (Å²) in [6.07, 6.45) is 7.43. The predicted molar refractivity (Wildman–Crippen MR) is 72.2 cm³/mol. The van der Waals surface area contributed by atoms with Gasteiger partial charge in [0, 0.05) is 46.8 Å². The van der Waals surface area contributed by atoms with Gasteiger partial charge < -0.3 is 0 Å². The number of nitrogens with zero attached hydrogens (tertiary/aromatic N) is 3. The standard InChI is InChI=1S/C15H13N3/c1-10-3-4-16-9-14(10)15-6-13-7-17-11(2)5-12(13)8-18-15/h3-9H,1-2H3. The van der Waals surface area contributed by atoms with Gasteiger partial charge in [0.25, 0.3) is 0 Å². The van der Waals surface area contributed by atoms with Gasteiger partial charge in [-0.25, -0.2) is 0 Å². The molecule has 3 aromatic rings. The summed E-state index contributed by atoms with van der Waals surface area (Å²) in [5, 5.41) is 2.22. The molecule has 0 spiro atoms. The van der Waals surface area contributed by atoms with Gasteiger partial charge in [-0.2, -0.15) is 0 Å². The van der Waals surface area contributed by atoms with E-state index in [-0.39, 0.29) is 0 Å². The third-order valence-electron chi connectivity index (χ3n) is 3.05. The van der Waals surface area contributed by atoms with Crippen LogP contribution in [0.1, 0.15) is 11.3 Å². The van der Waals surface area contributed by atoms with Gasteiger partial charge in [-0.15, -0.1) is 0 Å². The number of aryl methyl sites for hydroxylation is 2. The number of pyridine rings is 3. The van der Waals surface area contributed by atoms with Crippen molar-refractivity contribution in [1.82, 2.24) is 15.0 Å². The average molecular weight is 235 g/mol. The molecular formula is C15H13N3. The second-order valence-corrected chi connectivity index (χ2v) is 4.43. The first-order valence-electron chi connectivity index (χ1n) is 5.87. The van der Waals surface area contributed by atoms with Crippen LogP contribution in [-0.2, 0) is 0 Å². The van der Waals surface area contributed by atoms with Crippen LogP contribution in [0, 0.1) is 13.8 Å². The summed E-state index contributed by atoms with van der Waals surface area (Å²) in [6, 6.07) is 6.10. The van der Waals surface area contributed by atoms with Crippen LogP contribution in [0.5, 0.6) is 0 Å². The Balaban J connectivity index is 2.20. The molecule has 88 valence electrons. The first kappa shape index (κ1) is 10.8. The summed E-state index contributed by atoms with van der Waals surface area (Å²) in [5.74, 6) is 0. The van der Waals surface area contributed by atoms with Crippen LogP contribution in [-0.4, -0.2) is 15.0 Å². The molecule has 0 bridgehead atoms. The largest absolute Gasteiger partial charge is 0.264 e. The molecule has 0 unspecified atom stereocenters. The quantitative estimate of drug-likeness (QED) is 0.649. The number of fused-ring (bicyclic) bond motifs is 1. The fraction of sp³-hybridized carbons (Fsp3) is 0.133. The molecule has 3 nitrogen and oxygen atoms in total. The SMILES string of the molecule is Cc1cc2cnc(-c3cnccc3C)cc2cn1. The van der Waals surface area contributed by atoms with Crippen LogP contribution in [0.4, 0.5) is 0 Å². The number of hydrogen-bond acceptors (Lipinski definition) is 3. The summed E-state index contributed by atoms with van der Waals surface area (Å²) in [7, 11) is 0. The Labute approximate surface area is 106 Å². The molecular weight excluding hydrogens is 222 g/mol. The van der Waals surface area contributed by atoms with E-state index >= 15 is 0 Å². The highest BCUT2D eigenvalue weighted by Gasteiger charge is 2.04. The zero-order chi connectivity index (χ0) is 12.5. The maximum absolute atomic E-state index is 4.51. The number of rotatable bonds is 1. The highest BCUT2D eigenvalue weighted by molar-refractivity contribution is 5.85. The molecule has 0 aliphatic carbocycles. The minimum absolute atomic E-state index is 0.943. The van der Waals surface area contributed by atoms with Gasteiger partial charge >= 0.3 is 0 Å². The van der Waals surface area contributed by atoms with Crippen LogP contribution < -0.4 is 0 Å². The monoisotopic (exact) mass is 235 g/mol. The zero-order valence-corrected chi connectivity index (χ0v) is 10.4. The van der Waals surface area contributed by atoms with E-state index in [2.05, 4.69) is 27.9 Å². The summed E-state index contributed by atoms with van der Waals surface area (Å²) in [6.45, 7) is 4.05. The summed E-state index contributed by atoms with van der Waals surface area (Å²) in [5.41, 5.74) is 4.20. The normalized spacial score (nSPS) is 10.8. The van der Waals surface area contributed by atoms with Gasteiger partial charge in [-0.05, 0) is 37.6 Å². The third-order valence-corrected chi connectivity index (χ3v) is 3.05. The lowest BCUT2D eigenvalue weighted by Gasteiger charge is -2.05. The van der Waals surface area contributed by atoms with Crippen molar-refractivity contribution in [1.29, 1.82) is 0 Å². The maximum Gasteiger partial charge on any atom is 0.0727 e. The molecule has 0 aliphatic heterocycles. The fourth-order valence-corrected chi connectivity index (χ4v) is 2.03. The summed E-state index contributed by atoms with van der Waals surface area (Å²) >= 11 is 0. The van der Waals surface area contributed by atoms with Gasteiger partial charge in [0.05, 0.1) is 5.69 Å². The second-order valence-electron chi connectivity index (χ2n) is 4.43. The number of aromatic nitrogens is 3. The van der Waals surface area contributed by atoms with Gasteiger partial charge in [-0.1, -0.05) is 0 Å². The Morgan fingerprint density at radius 2 is 1.67 bits per heavy atom. The Hall–Kier alpha value is -2.29. The lowest BCUT2D eigenvalue weighted by atomic mass is 10.1. The van der Waals surface area contributed by atoms with E-state index in [9.17, 15) is 0 Å². The minimum atomic E-state index is 0.943. The smallest absolute Gasteiger partial charge is 0.0727 e. The van der Waals surface area contributed by atoms with Crippen molar-refractivity contribution in [2.75, 3.05) is 0 Å². The lowest BCUT2D eigenvalue weighted by molar-refractivity contribution is 1.21. The van der Waals surface area contributed by atoms with E-state index in [4.69, 9.17) is 0 Å². The molecule has 0 N–H and O–H groups in total. The Kier molecular flexibility index (Phi) is 2.52. The van der Waals surface area contributed by atoms with E-state index < -0.39 is 0 Å². The van der Waals surface area contributed by atoms with E-state index in [1.807, 2.05) is 37.6 Å². The van der Waals surface area contributed by atoms with Crippen LogP contribution in [0.3, 0.4) is 0 Å². The van der Waals surface area contributed by atoms with Gasteiger partial charge in [-0.3, -0.25) is 15.0 Å². The van der Waals surface area contributed by atoms with Gasteiger partial charge in [0.2, 0.25) is 0 Å². The highest BCUT2D eigenvalue weighted by atomic mass is 14.7. The zero-order valence-electron chi connectivity index (χ0n) is 10.4. The molecule has 0 radical (unpaired) electrons. The Morgan fingerprint density at radius 3 is 2.50 bits per heavy atom. The van der Waals surface area contributed by atoms with Crippen molar-refractivity contribution < 1.29 is 0 Å². The first-order chi connectivity index (χ1) is 8.74. The number of hydrogen-bond donors (Lipinski definition) is 0. The molecule has 0 fully saturated rings. The van der Waals surface area contributed by atoms with Crippen LogP contribution in [0.2, 0.25) is 0 Å². The average Bonchev–Trinajstić information content (AvgIpc) is 2.39. The topological polar surface area (TPSA) is 38.7 Å². The van der Waals surface area contributed by atoms with Crippen molar-refractivity contribution in [2.24, 2.45) is 0 Å². The molecule has 0 aliphatic rings. The second kappa shape index (κ2) is 4.18. The van der Waals surface area contributed by atoms with Crippen molar-refractivity contribution in [2.45, 2.75) is 13.8 Å². The van der Waals surface area contributed by atoms with E-state index in [0.29, 0.717) is 0 Å². The first-order valence-corrected chi connectivity index (χ1v) is 5.87. The maximum atomic E-state index is 4.51. The molecule has 0 saturated carbocycles. The Bertz CT molecular complexity index is 720. The molecule has 0 amide bonds. The molecule has 3 heteroatoms. The lowest BCUT2D eigenvalue weighted by Crippen LogP contribution is -1.89. The van der Waals surface area contributed by atoms with Gasteiger partial charge in [0.15, 0.2) is 0 Å². The van der Waals surface area contributed by atoms with Crippen molar-refractivity contribution in [3.05, 3.63) is 54.2 Å². The predicted octanol–water partition coefficient (Wildman–Crippen LogP) is 3.31. The van der Waals surface area contributed by atoms with Crippen LogP contribution in [0.25, 0.3) is 22.0 Å². The van der Waals surface area contributed by atoms with Gasteiger partial charge in [0.1, 0.15) is 0 Å². The van der Waals surface area contributed by atoms with Crippen LogP contribution >= 0.6 is 0 Å². The molecule has 0 saturated heterocycles. The highest BCUT2D eigenvalue weighted by Crippen LogP contribution is 2.23. The molecule has 0 atom stereocenters. The third kappa shape index (κ3) is 1.84.